The SMILES string of the molecule is CCC[C@H](NC(=O)COC(=O)CSc1ccc2c(c1)CCC2)c1ccccc1. The molecule has 5 heteroatoms. The van der Waals surface area contributed by atoms with E-state index in [9.17, 15) is 9.59 Å². The lowest BCUT2D eigenvalue weighted by Gasteiger charge is -2.18. The van der Waals surface area contributed by atoms with Crippen LogP contribution in [-0.4, -0.2) is 24.2 Å². The molecule has 4 nitrogen and oxygen atoms in total. The molecule has 0 aliphatic heterocycles. The van der Waals surface area contributed by atoms with Crippen molar-refractivity contribution in [1.82, 2.24) is 5.32 Å². The van der Waals surface area contributed by atoms with Crippen LogP contribution in [0.15, 0.2) is 53.4 Å². The molecule has 2 aromatic rings. The van der Waals surface area contributed by atoms with Crippen molar-refractivity contribution >= 4 is 23.6 Å². The molecule has 0 fully saturated rings. The number of rotatable bonds is 9. The van der Waals surface area contributed by atoms with Gasteiger partial charge in [-0.1, -0.05) is 49.7 Å². The zero-order valence-corrected chi connectivity index (χ0v) is 17.1. The van der Waals surface area contributed by atoms with E-state index < -0.39 is 0 Å². The molecule has 1 aliphatic carbocycles. The van der Waals surface area contributed by atoms with E-state index in [-0.39, 0.29) is 30.3 Å². The maximum atomic E-state index is 12.2. The predicted molar refractivity (Wildman–Crippen MR) is 112 cm³/mol. The van der Waals surface area contributed by atoms with Crippen molar-refractivity contribution in [3.05, 3.63) is 65.2 Å². The fourth-order valence-corrected chi connectivity index (χ4v) is 4.26. The highest BCUT2D eigenvalue weighted by Gasteiger charge is 2.16. The van der Waals surface area contributed by atoms with Crippen LogP contribution >= 0.6 is 11.8 Å². The Morgan fingerprint density at radius 3 is 2.68 bits per heavy atom. The molecule has 1 amide bonds. The molecule has 1 atom stereocenters. The van der Waals surface area contributed by atoms with Crippen LogP contribution < -0.4 is 5.32 Å². The van der Waals surface area contributed by atoms with Crippen molar-refractivity contribution in [2.75, 3.05) is 12.4 Å². The molecule has 0 aromatic heterocycles. The van der Waals surface area contributed by atoms with Crippen molar-refractivity contribution in [3.8, 4) is 0 Å². The zero-order chi connectivity index (χ0) is 19.8. The lowest BCUT2D eigenvalue weighted by atomic mass is 10.0. The van der Waals surface area contributed by atoms with Crippen molar-refractivity contribution < 1.29 is 14.3 Å². The monoisotopic (exact) mass is 397 g/mol. The number of carbonyl (C=O) groups is 2. The summed E-state index contributed by atoms with van der Waals surface area (Å²) < 4.78 is 5.16. The molecule has 0 spiro atoms. The Bertz CT molecular complexity index is 807. The Morgan fingerprint density at radius 1 is 1.11 bits per heavy atom. The first-order valence-corrected chi connectivity index (χ1v) is 10.9. The normalized spacial score (nSPS) is 13.6. The van der Waals surface area contributed by atoms with Gasteiger partial charge >= 0.3 is 5.97 Å². The fourth-order valence-electron chi connectivity index (χ4n) is 3.50. The smallest absolute Gasteiger partial charge is 0.316 e. The maximum absolute atomic E-state index is 12.2. The Hall–Kier alpha value is -2.27. The van der Waals surface area contributed by atoms with E-state index in [2.05, 4.69) is 30.4 Å². The lowest BCUT2D eigenvalue weighted by molar-refractivity contribution is -0.146. The number of nitrogens with one attached hydrogen (secondary N) is 1. The largest absolute Gasteiger partial charge is 0.455 e. The molecule has 1 aliphatic rings. The molecular formula is C23H27NO3S. The number of ether oxygens (including phenoxy) is 1. The fraction of sp³-hybridized carbons (Fsp3) is 0.391. The van der Waals surface area contributed by atoms with Crippen LogP contribution in [0.4, 0.5) is 0 Å². The van der Waals surface area contributed by atoms with Gasteiger partial charge in [0.2, 0.25) is 0 Å². The number of hydrogen-bond donors (Lipinski definition) is 1. The van der Waals surface area contributed by atoms with Gasteiger partial charge in [0.25, 0.3) is 5.91 Å². The molecule has 2 aromatic carbocycles. The first-order valence-electron chi connectivity index (χ1n) is 9.90. The van der Waals surface area contributed by atoms with E-state index in [1.54, 1.807) is 0 Å². The highest BCUT2D eigenvalue weighted by Crippen LogP contribution is 2.27. The van der Waals surface area contributed by atoms with E-state index >= 15 is 0 Å². The van der Waals surface area contributed by atoms with Crippen molar-refractivity contribution in [1.29, 1.82) is 0 Å². The second-order valence-corrected chi connectivity index (χ2v) is 8.10. The number of esters is 1. The Labute approximate surface area is 171 Å². The predicted octanol–water partition coefficient (Wildman–Crippen LogP) is 4.47. The second kappa shape index (κ2) is 10.3. The number of fused-ring (bicyclic) bond motifs is 1. The quantitative estimate of drug-likeness (QED) is 0.501. The number of amides is 1. The topological polar surface area (TPSA) is 55.4 Å². The number of hydrogen-bond acceptors (Lipinski definition) is 4. The molecule has 148 valence electrons. The number of aryl methyl sites for hydroxylation is 2. The summed E-state index contributed by atoms with van der Waals surface area (Å²) in [7, 11) is 0. The minimum atomic E-state index is -0.368. The van der Waals surface area contributed by atoms with Gasteiger partial charge in [-0.3, -0.25) is 9.59 Å². The Balaban J connectivity index is 1.42. The van der Waals surface area contributed by atoms with Crippen LogP contribution in [0.2, 0.25) is 0 Å². The number of thioether (sulfide) groups is 1. The average Bonchev–Trinajstić information content (AvgIpc) is 3.19. The third-order valence-corrected chi connectivity index (χ3v) is 5.87. The summed E-state index contributed by atoms with van der Waals surface area (Å²) in [4.78, 5) is 25.3. The van der Waals surface area contributed by atoms with Crippen molar-refractivity contribution in [3.63, 3.8) is 0 Å². The minimum absolute atomic E-state index is 0.0572. The van der Waals surface area contributed by atoms with Gasteiger partial charge in [0.05, 0.1) is 11.8 Å². The molecule has 0 radical (unpaired) electrons. The van der Waals surface area contributed by atoms with E-state index in [0.717, 1.165) is 36.1 Å². The van der Waals surface area contributed by atoms with E-state index in [4.69, 9.17) is 4.74 Å². The number of benzene rings is 2. The van der Waals surface area contributed by atoms with Crippen LogP contribution in [0.25, 0.3) is 0 Å². The highest BCUT2D eigenvalue weighted by molar-refractivity contribution is 8.00. The van der Waals surface area contributed by atoms with Crippen LogP contribution in [-0.2, 0) is 27.2 Å². The summed E-state index contributed by atoms with van der Waals surface area (Å²) in [5.41, 5.74) is 3.88. The van der Waals surface area contributed by atoms with E-state index in [1.165, 1.54) is 29.3 Å². The van der Waals surface area contributed by atoms with Gasteiger partial charge in [-0.05, 0) is 54.5 Å². The van der Waals surface area contributed by atoms with Crippen LogP contribution in [0.3, 0.4) is 0 Å². The second-order valence-electron chi connectivity index (χ2n) is 7.05. The van der Waals surface area contributed by atoms with Crippen LogP contribution in [0.1, 0.15) is 48.9 Å². The zero-order valence-electron chi connectivity index (χ0n) is 16.3. The summed E-state index contributed by atoms with van der Waals surface area (Å²) in [5.74, 6) is -0.422. The van der Waals surface area contributed by atoms with Gasteiger partial charge in [0.1, 0.15) is 0 Å². The van der Waals surface area contributed by atoms with Gasteiger partial charge < -0.3 is 10.1 Å². The highest BCUT2D eigenvalue weighted by atomic mass is 32.2. The molecule has 0 heterocycles. The van der Waals surface area contributed by atoms with E-state index in [0.29, 0.717) is 0 Å². The molecule has 28 heavy (non-hydrogen) atoms. The molecule has 0 saturated carbocycles. The summed E-state index contributed by atoms with van der Waals surface area (Å²) in [5, 5.41) is 2.97. The Morgan fingerprint density at radius 2 is 1.89 bits per heavy atom. The maximum Gasteiger partial charge on any atom is 0.316 e. The summed E-state index contributed by atoms with van der Waals surface area (Å²) >= 11 is 1.46. The van der Waals surface area contributed by atoms with E-state index in [1.807, 2.05) is 30.3 Å². The van der Waals surface area contributed by atoms with Crippen LogP contribution in [0.5, 0.6) is 0 Å². The average molecular weight is 398 g/mol. The van der Waals surface area contributed by atoms with Crippen molar-refractivity contribution in [2.24, 2.45) is 0 Å². The summed E-state index contributed by atoms with van der Waals surface area (Å²) in [6, 6.07) is 16.2. The first-order chi connectivity index (χ1) is 13.7. The molecular weight excluding hydrogens is 370 g/mol. The summed E-state index contributed by atoms with van der Waals surface area (Å²) in [6.45, 7) is 1.84. The third-order valence-electron chi connectivity index (χ3n) is 4.91. The minimum Gasteiger partial charge on any atom is -0.455 e. The van der Waals surface area contributed by atoms with Crippen LogP contribution in [0, 0.1) is 0 Å². The molecule has 0 saturated heterocycles. The van der Waals surface area contributed by atoms with Gasteiger partial charge in [0, 0.05) is 4.90 Å². The van der Waals surface area contributed by atoms with Gasteiger partial charge in [-0.2, -0.15) is 0 Å². The molecule has 3 rings (SSSR count). The summed E-state index contributed by atoms with van der Waals surface area (Å²) in [6.07, 6.45) is 5.28. The Kier molecular flexibility index (Phi) is 7.54. The molecule has 0 unspecified atom stereocenters. The van der Waals surface area contributed by atoms with Crippen molar-refractivity contribution in [2.45, 2.75) is 50.0 Å². The number of carbonyl (C=O) groups excluding carboxylic acids is 2. The van der Waals surface area contributed by atoms with Gasteiger partial charge in [-0.25, -0.2) is 0 Å². The first kappa shape index (κ1) is 20.5. The van der Waals surface area contributed by atoms with Gasteiger partial charge in [-0.15, -0.1) is 11.8 Å². The third kappa shape index (κ3) is 5.86. The standard InChI is InChI=1S/C23H27NO3S/c1-2-7-21(18-8-4-3-5-9-18)24-22(25)15-27-23(26)16-28-20-13-12-17-10-6-11-19(17)14-20/h3-5,8-9,12-14,21H,2,6-7,10-11,15-16H2,1H3,(H,24,25)/t21-/m0/s1. The van der Waals surface area contributed by atoms with Gasteiger partial charge in [0.15, 0.2) is 6.61 Å². The lowest BCUT2D eigenvalue weighted by Crippen LogP contribution is -2.32. The molecule has 0 bridgehead atoms. The molecule has 1 N–H and O–H groups in total.